The van der Waals surface area contributed by atoms with E-state index >= 15 is 0 Å². The molecule has 5 heteroatoms. The lowest BCUT2D eigenvalue weighted by atomic mass is 10.1. The average Bonchev–Trinajstić information content (AvgIpc) is 2.70. The van der Waals surface area contributed by atoms with Gasteiger partial charge in [-0.25, -0.2) is 4.98 Å². The van der Waals surface area contributed by atoms with Crippen molar-refractivity contribution in [3.63, 3.8) is 0 Å². The summed E-state index contributed by atoms with van der Waals surface area (Å²) in [5.41, 5.74) is 4.53. The van der Waals surface area contributed by atoms with E-state index in [1.165, 1.54) is 5.56 Å². The van der Waals surface area contributed by atoms with Gasteiger partial charge in [-0.05, 0) is 48.7 Å². The first kappa shape index (κ1) is 18.5. The van der Waals surface area contributed by atoms with Gasteiger partial charge >= 0.3 is 0 Å². The number of benzene rings is 2. The van der Waals surface area contributed by atoms with Gasteiger partial charge in [-0.3, -0.25) is 4.79 Å². The second-order valence-corrected chi connectivity index (χ2v) is 6.17. The largest absolute Gasteiger partial charge is 0.495 e. The van der Waals surface area contributed by atoms with Crippen molar-refractivity contribution >= 4 is 23.1 Å². The molecular weight excluding hydrogens is 338 g/mol. The number of amides is 1. The molecule has 3 rings (SSSR count). The molecule has 0 unspecified atom stereocenters. The Morgan fingerprint density at radius 2 is 1.93 bits per heavy atom. The smallest absolute Gasteiger partial charge is 0.255 e. The lowest BCUT2D eigenvalue weighted by Gasteiger charge is -2.14. The number of hydrogen-bond donors (Lipinski definition) is 2. The molecule has 0 radical (unpaired) electrons. The van der Waals surface area contributed by atoms with Crippen LogP contribution in [0.5, 0.6) is 5.75 Å². The third-order valence-electron chi connectivity index (χ3n) is 4.37. The molecule has 0 bridgehead atoms. The third-order valence-corrected chi connectivity index (χ3v) is 4.37. The quantitative estimate of drug-likeness (QED) is 0.651. The van der Waals surface area contributed by atoms with Crippen molar-refractivity contribution in [2.24, 2.45) is 0 Å². The number of ether oxygens (including phenoxy) is 1. The van der Waals surface area contributed by atoms with E-state index in [4.69, 9.17) is 4.74 Å². The first-order valence-electron chi connectivity index (χ1n) is 8.88. The van der Waals surface area contributed by atoms with Crippen LogP contribution in [-0.4, -0.2) is 18.0 Å². The van der Waals surface area contributed by atoms with Crippen LogP contribution in [0.15, 0.2) is 60.8 Å². The van der Waals surface area contributed by atoms with Crippen LogP contribution in [0.3, 0.4) is 0 Å². The van der Waals surface area contributed by atoms with Gasteiger partial charge < -0.3 is 15.4 Å². The van der Waals surface area contributed by atoms with Crippen molar-refractivity contribution in [3.05, 3.63) is 77.5 Å². The molecule has 0 aliphatic carbocycles. The van der Waals surface area contributed by atoms with Gasteiger partial charge in [-0.15, -0.1) is 0 Å². The van der Waals surface area contributed by atoms with Gasteiger partial charge in [0, 0.05) is 17.4 Å². The van der Waals surface area contributed by atoms with E-state index in [2.05, 4.69) is 41.6 Å². The molecule has 2 N–H and O–H groups in total. The topological polar surface area (TPSA) is 63.2 Å². The van der Waals surface area contributed by atoms with E-state index in [0.29, 0.717) is 22.8 Å². The van der Waals surface area contributed by atoms with Crippen LogP contribution in [0.2, 0.25) is 0 Å². The Kier molecular flexibility index (Phi) is 5.71. The van der Waals surface area contributed by atoms with Gasteiger partial charge in [0.25, 0.3) is 5.91 Å². The summed E-state index contributed by atoms with van der Waals surface area (Å²) in [6.07, 6.45) is 2.54. The summed E-state index contributed by atoms with van der Waals surface area (Å²) in [6.45, 7) is 4.17. The van der Waals surface area contributed by atoms with Crippen molar-refractivity contribution in [2.45, 2.75) is 20.3 Å². The number of carbonyl (C=O) groups is 1. The first-order chi connectivity index (χ1) is 13.1. The van der Waals surface area contributed by atoms with Crippen LogP contribution in [-0.2, 0) is 6.42 Å². The molecule has 0 saturated heterocycles. The van der Waals surface area contributed by atoms with E-state index in [1.54, 1.807) is 37.6 Å². The second kappa shape index (κ2) is 8.36. The number of rotatable bonds is 6. The zero-order chi connectivity index (χ0) is 19.2. The van der Waals surface area contributed by atoms with Crippen molar-refractivity contribution in [2.75, 3.05) is 17.7 Å². The Morgan fingerprint density at radius 3 is 2.70 bits per heavy atom. The Balaban J connectivity index is 1.83. The summed E-state index contributed by atoms with van der Waals surface area (Å²) in [5.74, 6) is 1.03. The molecule has 0 fully saturated rings. The van der Waals surface area contributed by atoms with E-state index in [1.807, 2.05) is 18.2 Å². The molecule has 2 aromatic carbocycles. The zero-order valence-electron chi connectivity index (χ0n) is 15.7. The number of aryl methyl sites for hydroxylation is 2. The normalized spacial score (nSPS) is 10.3. The Morgan fingerprint density at radius 1 is 1.11 bits per heavy atom. The average molecular weight is 361 g/mol. The molecule has 138 valence electrons. The van der Waals surface area contributed by atoms with Crippen molar-refractivity contribution in [1.82, 2.24) is 4.98 Å². The van der Waals surface area contributed by atoms with Gasteiger partial charge in [0.15, 0.2) is 0 Å². The molecule has 0 spiro atoms. The number of pyridine rings is 1. The maximum atomic E-state index is 12.7. The molecule has 0 aliphatic rings. The summed E-state index contributed by atoms with van der Waals surface area (Å²) < 4.78 is 5.28. The monoisotopic (exact) mass is 361 g/mol. The minimum absolute atomic E-state index is 0.217. The van der Waals surface area contributed by atoms with Gasteiger partial charge in [0.2, 0.25) is 0 Å². The molecule has 27 heavy (non-hydrogen) atoms. The standard InChI is InChI=1S/C22H23N3O2/c1-4-16-9-7-8-15(2)21(16)25-20-14-17(12-13-23-20)22(26)24-18-10-5-6-11-19(18)27-3/h5-14H,4H2,1-3H3,(H,23,25)(H,24,26). The minimum Gasteiger partial charge on any atom is -0.495 e. The molecule has 1 amide bonds. The van der Waals surface area contributed by atoms with Crippen LogP contribution in [0.25, 0.3) is 0 Å². The fraction of sp³-hybridized carbons (Fsp3) is 0.182. The molecule has 5 nitrogen and oxygen atoms in total. The molecule has 0 atom stereocenters. The number of carbonyl (C=O) groups excluding carboxylic acids is 1. The maximum absolute atomic E-state index is 12.7. The summed E-state index contributed by atoms with van der Waals surface area (Å²) >= 11 is 0. The highest BCUT2D eigenvalue weighted by Gasteiger charge is 2.11. The van der Waals surface area contributed by atoms with Gasteiger partial charge in [-0.2, -0.15) is 0 Å². The molecule has 1 aromatic heterocycles. The van der Waals surface area contributed by atoms with Gasteiger partial charge in [-0.1, -0.05) is 37.3 Å². The Labute approximate surface area is 159 Å². The van der Waals surface area contributed by atoms with E-state index < -0.39 is 0 Å². The van der Waals surface area contributed by atoms with E-state index in [9.17, 15) is 4.79 Å². The van der Waals surface area contributed by atoms with Crippen molar-refractivity contribution < 1.29 is 9.53 Å². The number of nitrogens with one attached hydrogen (secondary N) is 2. The van der Waals surface area contributed by atoms with Crippen LogP contribution < -0.4 is 15.4 Å². The predicted octanol–water partition coefficient (Wildman–Crippen LogP) is 4.96. The third kappa shape index (κ3) is 4.26. The van der Waals surface area contributed by atoms with Crippen LogP contribution >= 0.6 is 0 Å². The lowest BCUT2D eigenvalue weighted by molar-refractivity contribution is 0.102. The molecule has 0 saturated carbocycles. The first-order valence-corrected chi connectivity index (χ1v) is 8.88. The lowest BCUT2D eigenvalue weighted by Crippen LogP contribution is -2.13. The SMILES string of the molecule is CCc1cccc(C)c1Nc1cc(C(=O)Nc2ccccc2OC)ccn1. The van der Waals surface area contributed by atoms with Gasteiger partial charge in [0.1, 0.15) is 11.6 Å². The van der Waals surface area contributed by atoms with Gasteiger partial charge in [0.05, 0.1) is 12.8 Å². The van der Waals surface area contributed by atoms with Crippen LogP contribution in [0.4, 0.5) is 17.2 Å². The number of aromatic nitrogens is 1. The fourth-order valence-corrected chi connectivity index (χ4v) is 2.91. The molecule has 3 aromatic rings. The van der Waals surface area contributed by atoms with E-state index in [0.717, 1.165) is 17.7 Å². The maximum Gasteiger partial charge on any atom is 0.255 e. The Bertz CT molecular complexity index is 954. The van der Waals surface area contributed by atoms with Crippen LogP contribution in [0.1, 0.15) is 28.4 Å². The summed E-state index contributed by atoms with van der Waals surface area (Å²) in [6, 6.07) is 16.9. The highest BCUT2D eigenvalue weighted by molar-refractivity contribution is 6.05. The number of para-hydroxylation sites is 3. The molecule has 1 heterocycles. The van der Waals surface area contributed by atoms with Crippen molar-refractivity contribution in [1.29, 1.82) is 0 Å². The zero-order valence-corrected chi connectivity index (χ0v) is 15.7. The predicted molar refractivity (Wildman–Crippen MR) is 109 cm³/mol. The highest BCUT2D eigenvalue weighted by atomic mass is 16.5. The Hall–Kier alpha value is -3.34. The number of nitrogens with zero attached hydrogens (tertiary/aromatic N) is 1. The molecule has 0 aliphatic heterocycles. The molecular formula is C22H23N3O2. The summed E-state index contributed by atoms with van der Waals surface area (Å²) in [7, 11) is 1.58. The number of methoxy groups -OCH3 is 1. The van der Waals surface area contributed by atoms with Crippen molar-refractivity contribution in [3.8, 4) is 5.75 Å². The highest BCUT2D eigenvalue weighted by Crippen LogP contribution is 2.26. The minimum atomic E-state index is -0.217. The second-order valence-electron chi connectivity index (χ2n) is 6.17. The summed E-state index contributed by atoms with van der Waals surface area (Å²) in [4.78, 5) is 17.0. The van der Waals surface area contributed by atoms with Crippen LogP contribution in [0, 0.1) is 6.92 Å². The summed E-state index contributed by atoms with van der Waals surface area (Å²) in [5, 5.41) is 6.24. The number of hydrogen-bond acceptors (Lipinski definition) is 4. The number of anilines is 3. The van der Waals surface area contributed by atoms with E-state index in [-0.39, 0.29) is 5.91 Å². The fourth-order valence-electron chi connectivity index (χ4n) is 2.91.